The van der Waals surface area contributed by atoms with E-state index in [-0.39, 0.29) is 5.91 Å². The third kappa shape index (κ3) is 3.51. The number of aromatic nitrogens is 1. The summed E-state index contributed by atoms with van der Waals surface area (Å²) in [7, 11) is -0.925. The maximum atomic E-state index is 12.5. The Morgan fingerprint density at radius 3 is 2.67 bits per heavy atom. The summed E-state index contributed by atoms with van der Waals surface area (Å²) in [5.74, 6) is 0.225. The van der Waals surface area contributed by atoms with Gasteiger partial charge < -0.3 is 5.32 Å². The van der Waals surface area contributed by atoms with Gasteiger partial charge in [-0.3, -0.25) is 9.00 Å². The van der Waals surface area contributed by atoms with Gasteiger partial charge in [-0.2, -0.15) is 0 Å². The van der Waals surface area contributed by atoms with Crippen LogP contribution in [-0.4, -0.2) is 21.4 Å². The van der Waals surface area contributed by atoms with Crippen LogP contribution in [-0.2, 0) is 16.6 Å². The Labute approximate surface area is 143 Å². The molecule has 1 heterocycles. The predicted molar refractivity (Wildman–Crippen MR) is 98.6 cm³/mol. The van der Waals surface area contributed by atoms with Crippen molar-refractivity contribution in [3.05, 3.63) is 71.4 Å². The summed E-state index contributed by atoms with van der Waals surface area (Å²) in [5.41, 5.74) is 3.79. The first-order valence-corrected chi connectivity index (χ1v) is 9.33. The van der Waals surface area contributed by atoms with E-state index in [0.29, 0.717) is 11.4 Å². The minimum Gasteiger partial charge on any atom is -0.320 e. The Morgan fingerprint density at radius 2 is 1.88 bits per heavy atom. The Bertz CT molecular complexity index is 938. The van der Waals surface area contributed by atoms with Crippen molar-refractivity contribution in [2.45, 2.75) is 12.7 Å². The third-order valence-electron chi connectivity index (χ3n) is 3.88. The molecule has 1 N–H and O–H groups in total. The van der Waals surface area contributed by atoms with Crippen molar-refractivity contribution in [2.75, 3.05) is 11.6 Å². The lowest BCUT2D eigenvalue weighted by Crippen LogP contribution is -2.15. The van der Waals surface area contributed by atoms with Gasteiger partial charge in [0.25, 0.3) is 5.91 Å². The molecule has 0 aliphatic rings. The predicted octanol–water partition coefficient (Wildman–Crippen LogP) is 3.67. The van der Waals surface area contributed by atoms with E-state index >= 15 is 0 Å². The molecule has 0 aliphatic carbocycles. The van der Waals surface area contributed by atoms with E-state index in [2.05, 4.69) is 10.3 Å². The molecule has 0 aliphatic heterocycles. The van der Waals surface area contributed by atoms with Gasteiger partial charge in [-0.05, 0) is 36.2 Å². The van der Waals surface area contributed by atoms with Crippen molar-refractivity contribution in [1.29, 1.82) is 0 Å². The monoisotopic (exact) mass is 338 g/mol. The first kappa shape index (κ1) is 16.3. The minimum atomic E-state index is -0.925. The van der Waals surface area contributed by atoms with Gasteiger partial charge in [-0.25, -0.2) is 4.98 Å². The Balaban J connectivity index is 1.87. The average Bonchev–Trinajstić information content (AvgIpc) is 2.57. The van der Waals surface area contributed by atoms with Gasteiger partial charge in [0.2, 0.25) is 0 Å². The minimum absolute atomic E-state index is 0.251. The Morgan fingerprint density at radius 1 is 1.08 bits per heavy atom. The van der Waals surface area contributed by atoms with Crippen LogP contribution in [0, 0.1) is 6.92 Å². The molecule has 1 amide bonds. The van der Waals surface area contributed by atoms with Gasteiger partial charge in [-0.1, -0.05) is 36.4 Å². The standard InChI is InChI=1S/C19H18N2O2S/c1-13-15(12-24(2)23)7-5-9-16(13)21-19(22)18-11-10-14-6-3-4-8-17(14)20-18/h3-11H,12H2,1-2H3,(H,21,22)/t24-/m1/s1. The molecule has 3 aromatic rings. The number of anilines is 1. The molecule has 0 spiro atoms. The lowest BCUT2D eigenvalue weighted by Gasteiger charge is -2.12. The molecular weight excluding hydrogens is 320 g/mol. The Kier molecular flexibility index (Phi) is 4.71. The zero-order valence-corrected chi connectivity index (χ0v) is 14.4. The van der Waals surface area contributed by atoms with Crippen molar-refractivity contribution in [3.8, 4) is 0 Å². The second-order valence-corrected chi connectivity index (χ2v) is 7.09. The zero-order chi connectivity index (χ0) is 17.1. The van der Waals surface area contributed by atoms with Gasteiger partial charge in [0.1, 0.15) is 5.69 Å². The number of rotatable bonds is 4. The molecule has 0 bridgehead atoms. The average molecular weight is 338 g/mol. The molecule has 4 nitrogen and oxygen atoms in total. The fourth-order valence-electron chi connectivity index (χ4n) is 2.57. The molecule has 1 atom stereocenters. The molecular formula is C19H18N2O2S. The smallest absolute Gasteiger partial charge is 0.274 e. The van der Waals surface area contributed by atoms with E-state index in [0.717, 1.165) is 27.7 Å². The zero-order valence-electron chi connectivity index (χ0n) is 13.6. The van der Waals surface area contributed by atoms with Gasteiger partial charge >= 0.3 is 0 Å². The maximum Gasteiger partial charge on any atom is 0.274 e. The highest BCUT2D eigenvalue weighted by atomic mass is 32.2. The molecule has 0 unspecified atom stereocenters. The molecule has 3 rings (SSSR count). The lowest BCUT2D eigenvalue weighted by molar-refractivity contribution is 0.102. The van der Waals surface area contributed by atoms with Gasteiger partial charge in [0, 0.05) is 33.9 Å². The number of nitrogens with one attached hydrogen (secondary N) is 1. The van der Waals surface area contributed by atoms with Gasteiger partial charge in [0.05, 0.1) is 5.52 Å². The van der Waals surface area contributed by atoms with Crippen molar-refractivity contribution in [3.63, 3.8) is 0 Å². The van der Waals surface area contributed by atoms with E-state index < -0.39 is 10.8 Å². The van der Waals surface area contributed by atoms with E-state index in [1.54, 1.807) is 12.3 Å². The summed E-state index contributed by atoms with van der Waals surface area (Å²) >= 11 is 0. The molecule has 122 valence electrons. The maximum absolute atomic E-state index is 12.5. The first-order chi connectivity index (χ1) is 11.5. The number of benzene rings is 2. The van der Waals surface area contributed by atoms with Crippen LogP contribution in [0.2, 0.25) is 0 Å². The van der Waals surface area contributed by atoms with E-state index in [1.807, 2.05) is 55.5 Å². The highest BCUT2D eigenvalue weighted by Crippen LogP contribution is 2.21. The second-order valence-electron chi connectivity index (χ2n) is 5.65. The lowest BCUT2D eigenvalue weighted by atomic mass is 10.1. The summed E-state index contributed by atoms with van der Waals surface area (Å²) in [6.07, 6.45) is 1.67. The van der Waals surface area contributed by atoms with Crippen LogP contribution in [0.25, 0.3) is 10.9 Å². The van der Waals surface area contributed by atoms with Crippen LogP contribution in [0.5, 0.6) is 0 Å². The summed E-state index contributed by atoms with van der Waals surface area (Å²) in [6, 6.07) is 16.9. The van der Waals surface area contributed by atoms with Crippen LogP contribution >= 0.6 is 0 Å². The molecule has 0 radical (unpaired) electrons. The number of carbonyl (C=O) groups excluding carboxylic acids is 1. The van der Waals surface area contributed by atoms with Crippen LogP contribution in [0.4, 0.5) is 5.69 Å². The molecule has 0 saturated heterocycles. The van der Waals surface area contributed by atoms with Crippen LogP contribution < -0.4 is 5.32 Å². The molecule has 5 heteroatoms. The van der Waals surface area contributed by atoms with Crippen LogP contribution in [0.1, 0.15) is 21.6 Å². The topological polar surface area (TPSA) is 59.1 Å². The number of amides is 1. The van der Waals surface area contributed by atoms with Crippen LogP contribution in [0.3, 0.4) is 0 Å². The molecule has 0 saturated carbocycles. The number of para-hydroxylation sites is 1. The van der Waals surface area contributed by atoms with Gasteiger partial charge in [-0.15, -0.1) is 0 Å². The largest absolute Gasteiger partial charge is 0.320 e. The number of nitrogens with zero attached hydrogens (tertiary/aromatic N) is 1. The highest BCUT2D eigenvalue weighted by molar-refractivity contribution is 7.83. The summed E-state index contributed by atoms with van der Waals surface area (Å²) in [5, 5.41) is 3.90. The fourth-order valence-corrected chi connectivity index (χ4v) is 3.32. The van der Waals surface area contributed by atoms with Crippen LogP contribution in [0.15, 0.2) is 54.6 Å². The highest BCUT2D eigenvalue weighted by Gasteiger charge is 2.12. The van der Waals surface area contributed by atoms with Crippen molar-refractivity contribution in [1.82, 2.24) is 4.98 Å². The number of pyridine rings is 1. The fraction of sp³-hybridized carbons (Fsp3) is 0.158. The second kappa shape index (κ2) is 6.93. The number of hydrogen-bond acceptors (Lipinski definition) is 3. The summed E-state index contributed by atoms with van der Waals surface area (Å²) < 4.78 is 11.5. The molecule has 1 aromatic heterocycles. The van der Waals surface area contributed by atoms with E-state index in [9.17, 15) is 9.00 Å². The molecule has 24 heavy (non-hydrogen) atoms. The first-order valence-electron chi connectivity index (χ1n) is 7.60. The molecule has 2 aromatic carbocycles. The number of hydrogen-bond donors (Lipinski definition) is 1. The van der Waals surface area contributed by atoms with E-state index in [4.69, 9.17) is 0 Å². The van der Waals surface area contributed by atoms with Gasteiger partial charge in [0.15, 0.2) is 0 Å². The number of carbonyl (C=O) groups is 1. The van der Waals surface area contributed by atoms with E-state index in [1.165, 1.54) is 0 Å². The normalized spacial score (nSPS) is 12.1. The third-order valence-corrected chi connectivity index (χ3v) is 4.60. The summed E-state index contributed by atoms with van der Waals surface area (Å²) in [4.78, 5) is 16.9. The van der Waals surface area contributed by atoms with Crippen molar-refractivity contribution < 1.29 is 9.00 Å². The van der Waals surface area contributed by atoms with Crippen molar-refractivity contribution >= 4 is 33.3 Å². The summed E-state index contributed by atoms with van der Waals surface area (Å²) in [6.45, 7) is 1.92. The molecule has 0 fully saturated rings. The SMILES string of the molecule is Cc1c(C[S@@](C)=O)cccc1NC(=O)c1ccc2ccccc2n1. The quantitative estimate of drug-likeness (QED) is 0.789. The van der Waals surface area contributed by atoms with Crippen molar-refractivity contribution in [2.24, 2.45) is 0 Å². The number of fused-ring (bicyclic) bond motifs is 1. The Hall–Kier alpha value is -2.53.